The minimum absolute atomic E-state index is 0.0513. The third-order valence-corrected chi connectivity index (χ3v) is 5.24. The molecule has 2 atom stereocenters. The van der Waals surface area contributed by atoms with Crippen LogP contribution in [0.1, 0.15) is 46.5 Å². The standard InChI is InChI=1S/C17H28N4O4/c1-4-18-13(22)10-20(5-2)14(23)11-21-15(24)17(19-16(21)25)9-7-6-8-12(17)3/h12H,4-11H2,1-3H3,(H,18,22)(H,19,25). The summed E-state index contributed by atoms with van der Waals surface area (Å²) in [5, 5.41) is 5.47. The number of rotatable bonds is 6. The zero-order valence-electron chi connectivity index (χ0n) is 15.3. The van der Waals surface area contributed by atoms with Crippen molar-refractivity contribution < 1.29 is 19.2 Å². The molecule has 140 valence electrons. The molecule has 0 bridgehead atoms. The highest BCUT2D eigenvalue weighted by molar-refractivity contribution is 6.09. The summed E-state index contributed by atoms with van der Waals surface area (Å²) in [6.45, 7) is 5.94. The maximum atomic E-state index is 12.9. The van der Waals surface area contributed by atoms with E-state index < -0.39 is 17.5 Å². The summed E-state index contributed by atoms with van der Waals surface area (Å²) >= 11 is 0. The average molecular weight is 352 g/mol. The van der Waals surface area contributed by atoms with Gasteiger partial charge in [0.25, 0.3) is 5.91 Å². The lowest BCUT2D eigenvalue weighted by Crippen LogP contribution is -2.54. The van der Waals surface area contributed by atoms with Crippen molar-refractivity contribution in [2.45, 2.75) is 52.0 Å². The second-order valence-electron chi connectivity index (χ2n) is 6.80. The van der Waals surface area contributed by atoms with E-state index in [-0.39, 0.29) is 30.8 Å². The van der Waals surface area contributed by atoms with E-state index in [1.165, 1.54) is 4.90 Å². The van der Waals surface area contributed by atoms with E-state index in [1.807, 2.05) is 6.92 Å². The van der Waals surface area contributed by atoms with Gasteiger partial charge >= 0.3 is 6.03 Å². The average Bonchev–Trinajstić information content (AvgIpc) is 2.80. The van der Waals surface area contributed by atoms with E-state index in [9.17, 15) is 19.2 Å². The quantitative estimate of drug-likeness (QED) is 0.679. The van der Waals surface area contributed by atoms with E-state index >= 15 is 0 Å². The SMILES string of the molecule is CCNC(=O)CN(CC)C(=O)CN1C(=O)NC2(CCCCC2C)C1=O. The lowest BCUT2D eigenvalue weighted by molar-refractivity contribution is -0.141. The molecule has 0 aromatic rings. The molecular formula is C17H28N4O4. The van der Waals surface area contributed by atoms with E-state index in [2.05, 4.69) is 10.6 Å². The van der Waals surface area contributed by atoms with Gasteiger partial charge in [0.15, 0.2) is 0 Å². The molecule has 2 rings (SSSR count). The Hall–Kier alpha value is -2.12. The monoisotopic (exact) mass is 352 g/mol. The van der Waals surface area contributed by atoms with Gasteiger partial charge in [-0.05, 0) is 32.6 Å². The van der Waals surface area contributed by atoms with Gasteiger partial charge in [-0.3, -0.25) is 19.3 Å². The second-order valence-corrected chi connectivity index (χ2v) is 6.80. The Kier molecular flexibility index (Phi) is 6.02. The number of likely N-dealkylation sites (N-methyl/N-ethyl adjacent to an activating group) is 2. The molecule has 1 saturated carbocycles. The number of hydrogen-bond acceptors (Lipinski definition) is 4. The summed E-state index contributed by atoms with van der Waals surface area (Å²) in [5.74, 6) is -0.924. The summed E-state index contributed by atoms with van der Waals surface area (Å²) in [5.41, 5.74) is -0.869. The Morgan fingerprint density at radius 3 is 2.64 bits per heavy atom. The van der Waals surface area contributed by atoms with Crippen molar-refractivity contribution in [1.82, 2.24) is 20.4 Å². The van der Waals surface area contributed by atoms with Crippen LogP contribution in [0.2, 0.25) is 0 Å². The summed E-state index contributed by atoms with van der Waals surface area (Å²) in [6, 6.07) is -0.513. The molecule has 8 nitrogen and oxygen atoms in total. The highest BCUT2D eigenvalue weighted by atomic mass is 16.2. The van der Waals surface area contributed by atoms with Crippen molar-refractivity contribution in [2.75, 3.05) is 26.2 Å². The molecule has 0 aromatic carbocycles. The Bertz CT molecular complexity index is 565. The van der Waals surface area contributed by atoms with Gasteiger partial charge in [-0.25, -0.2) is 4.79 Å². The van der Waals surface area contributed by atoms with Crippen LogP contribution in [0.25, 0.3) is 0 Å². The fourth-order valence-electron chi connectivity index (χ4n) is 3.68. The number of hydrogen-bond donors (Lipinski definition) is 2. The van der Waals surface area contributed by atoms with Crippen molar-refractivity contribution in [3.8, 4) is 0 Å². The molecule has 1 aliphatic heterocycles. The molecule has 2 N–H and O–H groups in total. The molecule has 5 amide bonds. The molecule has 2 aliphatic rings. The molecular weight excluding hydrogens is 324 g/mol. The number of nitrogens with one attached hydrogen (secondary N) is 2. The summed E-state index contributed by atoms with van der Waals surface area (Å²) < 4.78 is 0. The smallest absolute Gasteiger partial charge is 0.325 e. The Morgan fingerprint density at radius 1 is 1.32 bits per heavy atom. The number of carbonyl (C=O) groups excluding carboxylic acids is 4. The highest BCUT2D eigenvalue weighted by Crippen LogP contribution is 2.38. The molecule has 8 heteroatoms. The van der Waals surface area contributed by atoms with Crippen LogP contribution in [-0.2, 0) is 14.4 Å². The first-order valence-electron chi connectivity index (χ1n) is 9.04. The van der Waals surface area contributed by atoms with Crippen LogP contribution < -0.4 is 10.6 Å². The molecule has 1 spiro atoms. The van der Waals surface area contributed by atoms with Crippen LogP contribution in [-0.4, -0.2) is 65.3 Å². The number of carbonyl (C=O) groups is 4. The molecule has 0 aromatic heterocycles. The Labute approximate surface area is 148 Å². The zero-order chi connectivity index (χ0) is 18.6. The second kappa shape index (κ2) is 7.84. The van der Waals surface area contributed by atoms with Gasteiger partial charge in [0.2, 0.25) is 11.8 Å². The van der Waals surface area contributed by atoms with Gasteiger partial charge in [-0.15, -0.1) is 0 Å². The topological polar surface area (TPSA) is 98.8 Å². The fraction of sp³-hybridized carbons (Fsp3) is 0.765. The zero-order valence-corrected chi connectivity index (χ0v) is 15.3. The first-order chi connectivity index (χ1) is 11.9. The largest absolute Gasteiger partial charge is 0.355 e. The number of imide groups is 1. The first kappa shape index (κ1) is 19.2. The molecule has 2 unspecified atom stereocenters. The van der Waals surface area contributed by atoms with Gasteiger partial charge in [0.05, 0.1) is 6.54 Å². The van der Waals surface area contributed by atoms with Crippen molar-refractivity contribution >= 4 is 23.8 Å². The van der Waals surface area contributed by atoms with Crippen molar-refractivity contribution in [3.63, 3.8) is 0 Å². The van der Waals surface area contributed by atoms with E-state index in [4.69, 9.17) is 0 Å². The van der Waals surface area contributed by atoms with Crippen LogP contribution in [0.5, 0.6) is 0 Å². The Balaban J connectivity index is 2.06. The first-order valence-corrected chi connectivity index (χ1v) is 9.04. The van der Waals surface area contributed by atoms with Crippen LogP contribution in [0.15, 0.2) is 0 Å². The van der Waals surface area contributed by atoms with Crippen LogP contribution >= 0.6 is 0 Å². The van der Waals surface area contributed by atoms with Crippen molar-refractivity contribution in [3.05, 3.63) is 0 Å². The summed E-state index contributed by atoms with van der Waals surface area (Å²) in [6.07, 6.45) is 3.42. The van der Waals surface area contributed by atoms with Gasteiger partial charge in [-0.1, -0.05) is 19.8 Å². The number of nitrogens with zero attached hydrogens (tertiary/aromatic N) is 2. The fourth-order valence-corrected chi connectivity index (χ4v) is 3.68. The van der Waals surface area contributed by atoms with Crippen molar-refractivity contribution in [2.24, 2.45) is 5.92 Å². The van der Waals surface area contributed by atoms with Gasteiger partial charge < -0.3 is 15.5 Å². The molecule has 2 fully saturated rings. The third-order valence-electron chi connectivity index (χ3n) is 5.24. The van der Waals surface area contributed by atoms with E-state index in [1.54, 1.807) is 13.8 Å². The van der Waals surface area contributed by atoms with Crippen LogP contribution in [0.3, 0.4) is 0 Å². The lowest BCUT2D eigenvalue weighted by atomic mass is 9.73. The number of urea groups is 1. The highest BCUT2D eigenvalue weighted by Gasteiger charge is 2.55. The van der Waals surface area contributed by atoms with Gasteiger partial charge in [0, 0.05) is 13.1 Å². The lowest BCUT2D eigenvalue weighted by Gasteiger charge is -2.36. The maximum absolute atomic E-state index is 12.9. The minimum Gasteiger partial charge on any atom is -0.355 e. The molecule has 1 heterocycles. The molecule has 1 aliphatic carbocycles. The van der Waals surface area contributed by atoms with Gasteiger partial charge in [0.1, 0.15) is 12.1 Å². The van der Waals surface area contributed by atoms with Gasteiger partial charge in [-0.2, -0.15) is 0 Å². The van der Waals surface area contributed by atoms with Crippen LogP contribution in [0.4, 0.5) is 4.79 Å². The molecule has 1 saturated heterocycles. The molecule has 25 heavy (non-hydrogen) atoms. The number of amides is 5. The minimum atomic E-state index is -0.869. The predicted molar refractivity (Wildman–Crippen MR) is 91.5 cm³/mol. The summed E-state index contributed by atoms with van der Waals surface area (Å²) in [7, 11) is 0. The van der Waals surface area contributed by atoms with E-state index in [0.717, 1.165) is 24.2 Å². The van der Waals surface area contributed by atoms with E-state index in [0.29, 0.717) is 19.5 Å². The van der Waals surface area contributed by atoms with Crippen LogP contribution in [0, 0.1) is 5.92 Å². The predicted octanol–water partition coefficient (Wildman–Crippen LogP) is 0.472. The molecule has 0 radical (unpaired) electrons. The maximum Gasteiger partial charge on any atom is 0.325 e. The normalized spacial score (nSPS) is 25.9. The van der Waals surface area contributed by atoms with Crippen molar-refractivity contribution in [1.29, 1.82) is 0 Å². The summed E-state index contributed by atoms with van der Waals surface area (Å²) in [4.78, 5) is 51.7. The third kappa shape index (κ3) is 3.77. The Morgan fingerprint density at radius 2 is 2.04 bits per heavy atom.